The highest BCUT2D eigenvalue weighted by atomic mass is 32.2. The predicted octanol–water partition coefficient (Wildman–Crippen LogP) is 2.23. The van der Waals surface area contributed by atoms with Crippen molar-refractivity contribution in [3.8, 4) is 5.75 Å². The van der Waals surface area contributed by atoms with Crippen LogP contribution in [-0.4, -0.2) is 61.6 Å². The number of benzene rings is 1. The number of aromatic nitrogens is 2. The molecule has 0 radical (unpaired) electrons. The van der Waals surface area contributed by atoms with Crippen LogP contribution in [0.15, 0.2) is 33.7 Å². The second kappa shape index (κ2) is 7.13. The Hall–Kier alpha value is -1.97. The monoisotopic (exact) mass is 406 g/mol. The van der Waals surface area contributed by atoms with Crippen LogP contribution in [0.1, 0.15) is 37.0 Å². The SMILES string of the molecule is COc1cccc(S(=O)(=O)N2CCC3(CC2)CC(c2noc(C)n2)N(C)C3)c1. The molecule has 1 spiro atoms. The normalized spacial score (nSPS) is 23.3. The Kier molecular flexibility index (Phi) is 4.93. The van der Waals surface area contributed by atoms with E-state index in [-0.39, 0.29) is 16.4 Å². The summed E-state index contributed by atoms with van der Waals surface area (Å²) in [5, 5.41) is 4.09. The lowest BCUT2D eigenvalue weighted by atomic mass is 9.77. The number of sulfonamides is 1. The van der Waals surface area contributed by atoms with Gasteiger partial charge in [-0.25, -0.2) is 8.42 Å². The van der Waals surface area contributed by atoms with Crippen LogP contribution in [0, 0.1) is 12.3 Å². The molecule has 2 aliphatic heterocycles. The standard InChI is InChI=1S/C19H26N4O4S/c1-14-20-18(21-27-14)17-12-19(13-22(17)2)7-9-23(10-8-19)28(24,25)16-6-4-5-15(11-16)26-3/h4-6,11,17H,7-10,12-13H2,1-3H3. The topological polar surface area (TPSA) is 88.8 Å². The minimum absolute atomic E-state index is 0.0916. The summed E-state index contributed by atoms with van der Waals surface area (Å²) in [5.74, 6) is 1.84. The van der Waals surface area contributed by atoms with Crippen molar-refractivity contribution < 1.29 is 17.7 Å². The first-order chi connectivity index (χ1) is 13.3. The molecule has 4 rings (SSSR count). The van der Waals surface area contributed by atoms with Gasteiger partial charge < -0.3 is 9.26 Å². The Morgan fingerprint density at radius 3 is 2.68 bits per heavy atom. The number of likely N-dealkylation sites (tertiary alicyclic amines) is 1. The third kappa shape index (κ3) is 3.42. The van der Waals surface area contributed by atoms with Crippen molar-refractivity contribution in [1.29, 1.82) is 0 Å². The summed E-state index contributed by atoms with van der Waals surface area (Å²) in [7, 11) is 0.0935. The van der Waals surface area contributed by atoms with Crippen LogP contribution in [0.5, 0.6) is 5.75 Å². The largest absolute Gasteiger partial charge is 0.497 e. The molecule has 1 aromatic carbocycles. The van der Waals surface area contributed by atoms with Gasteiger partial charge in [-0.2, -0.15) is 9.29 Å². The van der Waals surface area contributed by atoms with Gasteiger partial charge in [-0.3, -0.25) is 4.90 Å². The lowest BCUT2D eigenvalue weighted by molar-refractivity contribution is 0.161. The predicted molar refractivity (Wildman–Crippen MR) is 102 cm³/mol. The molecule has 0 N–H and O–H groups in total. The van der Waals surface area contributed by atoms with Gasteiger partial charge in [-0.1, -0.05) is 11.2 Å². The van der Waals surface area contributed by atoms with Gasteiger partial charge in [0.1, 0.15) is 5.75 Å². The highest BCUT2D eigenvalue weighted by molar-refractivity contribution is 7.89. The number of hydrogen-bond acceptors (Lipinski definition) is 7. The number of piperidine rings is 1. The summed E-state index contributed by atoms with van der Waals surface area (Å²) >= 11 is 0. The van der Waals surface area contributed by atoms with Gasteiger partial charge in [0.05, 0.1) is 18.0 Å². The molecule has 28 heavy (non-hydrogen) atoms. The number of rotatable bonds is 4. The van der Waals surface area contributed by atoms with Crippen LogP contribution in [0.3, 0.4) is 0 Å². The average molecular weight is 407 g/mol. The number of nitrogens with zero attached hydrogens (tertiary/aromatic N) is 4. The van der Waals surface area contributed by atoms with Crippen molar-refractivity contribution in [1.82, 2.24) is 19.3 Å². The Bertz CT molecular complexity index is 950. The molecule has 2 aliphatic rings. The van der Waals surface area contributed by atoms with E-state index in [0.29, 0.717) is 24.7 Å². The van der Waals surface area contributed by atoms with E-state index in [0.717, 1.165) is 31.6 Å². The molecule has 152 valence electrons. The van der Waals surface area contributed by atoms with Crippen molar-refractivity contribution >= 4 is 10.0 Å². The lowest BCUT2D eigenvalue weighted by Gasteiger charge is -2.38. The number of hydrogen-bond donors (Lipinski definition) is 0. The molecule has 1 unspecified atom stereocenters. The zero-order valence-corrected chi connectivity index (χ0v) is 17.3. The van der Waals surface area contributed by atoms with Gasteiger partial charge in [0.25, 0.3) is 0 Å². The maximum absolute atomic E-state index is 13.0. The van der Waals surface area contributed by atoms with Crippen molar-refractivity contribution in [3.05, 3.63) is 36.0 Å². The summed E-state index contributed by atoms with van der Waals surface area (Å²) < 4.78 is 38.0. The first-order valence-electron chi connectivity index (χ1n) is 9.48. The first kappa shape index (κ1) is 19.4. The van der Waals surface area contributed by atoms with E-state index in [1.807, 2.05) is 0 Å². The summed E-state index contributed by atoms with van der Waals surface area (Å²) in [6.45, 7) is 3.75. The van der Waals surface area contributed by atoms with Crippen LogP contribution in [0.25, 0.3) is 0 Å². The number of aryl methyl sites for hydroxylation is 1. The Morgan fingerprint density at radius 2 is 2.04 bits per heavy atom. The maximum Gasteiger partial charge on any atom is 0.243 e. The lowest BCUT2D eigenvalue weighted by Crippen LogP contribution is -2.44. The third-order valence-electron chi connectivity index (χ3n) is 6.05. The fraction of sp³-hybridized carbons (Fsp3) is 0.579. The molecule has 0 bridgehead atoms. The highest BCUT2D eigenvalue weighted by Crippen LogP contribution is 2.48. The molecule has 3 heterocycles. The molecule has 8 nitrogen and oxygen atoms in total. The van der Waals surface area contributed by atoms with Crippen molar-refractivity contribution in [2.24, 2.45) is 5.41 Å². The highest BCUT2D eigenvalue weighted by Gasteiger charge is 2.47. The fourth-order valence-corrected chi connectivity index (χ4v) is 5.96. The van der Waals surface area contributed by atoms with Crippen LogP contribution in [-0.2, 0) is 10.0 Å². The van der Waals surface area contributed by atoms with Crippen LogP contribution in [0.2, 0.25) is 0 Å². The van der Waals surface area contributed by atoms with Crippen molar-refractivity contribution in [3.63, 3.8) is 0 Å². The van der Waals surface area contributed by atoms with Gasteiger partial charge in [0.15, 0.2) is 5.82 Å². The maximum atomic E-state index is 13.0. The summed E-state index contributed by atoms with van der Waals surface area (Å²) in [6, 6.07) is 6.79. The average Bonchev–Trinajstić information content (AvgIpc) is 3.25. The molecule has 1 atom stereocenters. The molecule has 2 aromatic rings. The van der Waals surface area contributed by atoms with E-state index in [1.165, 1.54) is 7.11 Å². The van der Waals surface area contributed by atoms with Crippen LogP contribution >= 0.6 is 0 Å². The van der Waals surface area contributed by atoms with Gasteiger partial charge in [-0.15, -0.1) is 0 Å². The zero-order chi connectivity index (χ0) is 19.9. The molecule has 0 saturated carbocycles. The van der Waals surface area contributed by atoms with Crippen molar-refractivity contribution in [2.75, 3.05) is 33.8 Å². The molecule has 9 heteroatoms. The fourth-order valence-electron chi connectivity index (χ4n) is 4.48. The van der Waals surface area contributed by atoms with E-state index in [2.05, 4.69) is 22.1 Å². The smallest absolute Gasteiger partial charge is 0.243 e. The summed E-state index contributed by atoms with van der Waals surface area (Å²) in [4.78, 5) is 6.94. The Balaban J connectivity index is 1.47. The minimum Gasteiger partial charge on any atom is -0.497 e. The third-order valence-corrected chi connectivity index (χ3v) is 7.94. The number of ether oxygens (including phenoxy) is 1. The second-order valence-electron chi connectivity index (χ2n) is 7.89. The first-order valence-corrected chi connectivity index (χ1v) is 10.9. The molecular formula is C19H26N4O4S. The minimum atomic E-state index is -3.52. The van der Waals surface area contributed by atoms with E-state index >= 15 is 0 Å². The van der Waals surface area contributed by atoms with E-state index < -0.39 is 10.0 Å². The Morgan fingerprint density at radius 1 is 1.29 bits per heavy atom. The molecule has 0 amide bonds. The van der Waals surface area contributed by atoms with E-state index in [9.17, 15) is 8.42 Å². The van der Waals surface area contributed by atoms with Crippen LogP contribution < -0.4 is 4.74 Å². The summed E-state index contributed by atoms with van der Waals surface area (Å²) in [5.41, 5.74) is 0.0916. The van der Waals surface area contributed by atoms with Gasteiger partial charge in [0, 0.05) is 32.6 Å². The molecule has 1 aromatic heterocycles. The van der Waals surface area contributed by atoms with Gasteiger partial charge in [0.2, 0.25) is 15.9 Å². The molecule has 2 saturated heterocycles. The number of methoxy groups -OCH3 is 1. The van der Waals surface area contributed by atoms with E-state index in [4.69, 9.17) is 9.26 Å². The molecule has 2 fully saturated rings. The van der Waals surface area contributed by atoms with Crippen LogP contribution in [0.4, 0.5) is 0 Å². The second-order valence-corrected chi connectivity index (χ2v) is 9.83. The Labute approximate surface area is 165 Å². The summed E-state index contributed by atoms with van der Waals surface area (Å²) in [6.07, 6.45) is 2.58. The molecular weight excluding hydrogens is 380 g/mol. The van der Waals surface area contributed by atoms with Gasteiger partial charge >= 0.3 is 0 Å². The van der Waals surface area contributed by atoms with E-state index in [1.54, 1.807) is 35.5 Å². The zero-order valence-electron chi connectivity index (χ0n) is 16.5. The quantitative estimate of drug-likeness (QED) is 0.769. The van der Waals surface area contributed by atoms with Crippen molar-refractivity contribution in [2.45, 2.75) is 37.1 Å². The molecule has 0 aliphatic carbocycles. The van der Waals surface area contributed by atoms with Gasteiger partial charge in [-0.05, 0) is 43.9 Å².